The summed E-state index contributed by atoms with van der Waals surface area (Å²) in [6.45, 7) is 3.62. The second-order valence-electron chi connectivity index (χ2n) is 5.25. The monoisotopic (exact) mass is 347 g/mol. The van der Waals surface area contributed by atoms with Crippen LogP contribution in [0.1, 0.15) is 22.8 Å². The molecule has 0 unspecified atom stereocenters. The Kier molecular flexibility index (Phi) is 5.82. The van der Waals surface area contributed by atoms with Crippen molar-refractivity contribution in [2.24, 2.45) is 0 Å². The van der Waals surface area contributed by atoms with Crippen LogP contribution in [0, 0.1) is 6.92 Å². The smallest absolute Gasteiger partial charge is 0.339 e. The molecule has 6 heteroatoms. The minimum atomic E-state index is -0.704. The fourth-order valence-electron chi connectivity index (χ4n) is 1.99. The number of esters is 1. The molecule has 0 fully saturated rings. The van der Waals surface area contributed by atoms with Crippen LogP contribution in [0.4, 0.5) is 5.69 Å². The van der Waals surface area contributed by atoms with Crippen LogP contribution in [-0.4, -0.2) is 25.1 Å². The number of anilines is 1. The van der Waals surface area contributed by atoms with Crippen molar-refractivity contribution >= 4 is 29.2 Å². The van der Waals surface area contributed by atoms with E-state index in [-0.39, 0.29) is 16.5 Å². The molecule has 2 aromatic rings. The average molecular weight is 348 g/mol. The summed E-state index contributed by atoms with van der Waals surface area (Å²) in [4.78, 5) is 23.9. The van der Waals surface area contributed by atoms with E-state index in [0.29, 0.717) is 11.4 Å². The van der Waals surface area contributed by atoms with Crippen LogP contribution in [0.3, 0.4) is 0 Å². The van der Waals surface area contributed by atoms with Gasteiger partial charge in [0.05, 0.1) is 17.7 Å². The van der Waals surface area contributed by atoms with Crippen LogP contribution in [0.2, 0.25) is 5.02 Å². The molecule has 5 nitrogen and oxygen atoms in total. The van der Waals surface area contributed by atoms with Crippen LogP contribution < -0.4 is 10.1 Å². The minimum absolute atomic E-state index is 0.184. The third-order valence-corrected chi connectivity index (χ3v) is 3.67. The summed E-state index contributed by atoms with van der Waals surface area (Å²) in [5, 5.41) is 2.94. The maximum absolute atomic E-state index is 12.2. The fraction of sp³-hybridized carbons (Fsp3) is 0.222. The van der Waals surface area contributed by atoms with E-state index in [2.05, 4.69) is 10.1 Å². The molecule has 1 atom stereocenters. The number of hydrogen-bond donors (Lipinski definition) is 1. The topological polar surface area (TPSA) is 64.6 Å². The first-order chi connectivity index (χ1) is 11.4. The van der Waals surface area contributed by atoms with Gasteiger partial charge >= 0.3 is 5.97 Å². The number of halogens is 1. The number of carbonyl (C=O) groups is 2. The molecule has 0 spiro atoms. The lowest BCUT2D eigenvalue weighted by Crippen LogP contribution is -2.30. The van der Waals surface area contributed by atoms with Gasteiger partial charge in [-0.25, -0.2) is 4.79 Å². The third kappa shape index (κ3) is 4.49. The lowest BCUT2D eigenvalue weighted by molar-refractivity contribution is -0.122. The predicted octanol–water partition coefficient (Wildman–Crippen LogP) is 3.84. The molecule has 0 heterocycles. The molecule has 0 aliphatic carbocycles. The summed E-state index contributed by atoms with van der Waals surface area (Å²) < 4.78 is 10.2. The van der Waals surface area contributed by atoms with E-state index in [1.807, 2.05) is 19.1 Å². The first kappa shape index (κ1) is 17.8. The minimum Gasteiger partial charge on any atom is -0.481 e. The highest BCUT2D eigenvalue weighted by molar-refractivity contribution is 6.33. The SMILES string of the molecule is COC(=O)c1cc(NC(=O)[C@H](C)Oc2ccc(C)cc2)ccc1Cl. The van der Waals surface area contributed by atoms with Gasteiger partial charge in [-0.3, -0.25) is 4.79 Å². The Morgan fingerprint density at radius 3 is 2.42 bits per heavy atom. The lowest BCUT2D eigenvalue weighted by Gasteiger charge is -2.15. The molecule has 2 aromatic carbocycles. The van der Waals surface area contributed by atoms with E-state index in [9.17, 15) is 9.59 Å². The van der Waals surface area contributed by atoms with Crippen molar-refractivity contribution in [3.8, 4) is 5.75 Å². The largest absolute Gasteiger partial charge is 0.481 e. The molecule has 126 valence electrons. The third-order valence-electron chi connectivity index (χ3n) is 3.34. The number of hydrogen-bond acceptors (Lipinski definition) is 4. The van der Waals surface area contributed by atoms with E-state index < -0.39 is 12.1 Å². The Balaban J connectivity index is 2.05. The highest BCUT2D eigenvalue weighted by atomic mass is 35.5. The molecule has 0 bridgehead atoms. The molecule has 0 aromatic heterocycles. The number of nitrogens with one attached hydrogen (secondary N) is 1. The van der Waals surface area contributed by atoms with Crippen LogP contribution in [0.5, 0.6) is 5.75 Å². The Bertz CT molecular complexity index is 743. The second kappa shape index (κ2) is 7.84. The van der Waals surface area contributed by atoms with Crippen LogP contribution in [0.25, 0.3) is 0 Å². The number of carbonyl (C=O) groups excluding carboxylic acids is 2. The summed E-state index contributed by atoms with van der Waals surface area (Å²) in [5.41, 5.74) is 1.73. The Hall–Kier alpha value is -2.53. The number of benzene rings is 2. The van der Waals surface area contributed by atoms with Gasteiger partial charge in [0.25, 0.3) is 5.91 Å². The van der Waals surface area contributed by atoms with Gasteiger partial charge in [-0.2, -0.15) is 0 Å². The van der Waals surface area contributed by atoms with Gasteiger partial charge in [-0.15, -0.1) is 0 Å². The Morgan fingerprint density at radius 1 is 1.12 bits per heavy atom. The zero-order valence-corrected chi connectivity index (χ0v) is 14.4. The van der Waals surface area contributed by atoms with Crippen LogP contribution in [0.15, 0.2) is 42.5 Å². The lowest BCUT2D eigenvalue weighted by atomic mass is 10.2. The number of rotatable bonds is 5. The van der Waals surface area contributed by atoms with Crippen molar-refractivity contribution in [3.63, 3.8) is 0 Å². The molecule has 0 saturated carbocycles. The van der Waals surface area contributed by atoms with Gasteiger partial charge < -0.3 is 14.8 Å². The maximum atomic E-state index is 12.2. The number of methoxy groups -OCH3 is 1. The molecule has 0 aliphatic heterocycles. The molecule has 0 saturated heterocycles. The van der Waals surface area contributed by atoms with Crippen molar-refractivity contribution < 1.29 is 19.1 Å². The maximum Gasteiger partial charge on any atom is 0.339 e. The van der Waals surface area contributed by atoms with Gasteiger partial charge in [-0.1, -0.05) is 29.3 Å². The van der Waals surface area contributed by atoms with Gasteiger partial charge in [0.2, 0.25) is 0 Å². The van der Waals surface area contributed by atoms with E-state index in [4.69, 9.17) is 16.3 Å². The molecule has 2 rings (SSSR count). The standard InChI is InChI=1S/C18H18ClNO4/c1-11-4-7-14(8-5-11)24-12(2)17(21)20-13-6-9-16(19)15(10-13)18(22)23-3/h4-10,12H,1-3H3,(H,20,21)/t12-/m0/s1. The Labute approximate surface area is 145 Å². The highest BCUT2D eigenvalue weighted by Crippen LogP contribution is 2.22. The molecule has 1 N–H and O–H groups in total. The van der Waals surface area contributed by atoms with E-state index in [0.717, 1.165) is 5.56 Å². The zero-order chi connectivity index (χ0) is 17.7. The van der Waals surface area contributed by atoms with Crippen molar-refractivity contribution in [3.05, 3.63) is 58.6 Å². The van der Waals surface area contributed by atoms with Gasteiger partial charge in [-0.05, 0) is 44.2 Å². The first-order valence-corrected chi connectivity index (χ1v) is 7.70. The highest BCUT2D eigenvalue weighted by Gasteiger charge is 2.17. The number of aryl methyl sites for hydroxylation is 1. The van der Waals surface area contributed by atoms with Crippen molar-refractivity contribution in [2.45, 2.75) is 20.0 Å². The quantitative estimate of drug-likeness (QED) is 0.834. The van der Waals surface area contributed by atoms with Gasteiger partial charge in [0.15, 0.2) is 6.10 Å². The normalized spacial score (nSPS) is 11.5. The average Bonchev–Trinajstić information content (AvgIpc) is 2.57. The van der Waals surface area contributed by atoms with Crippen molar-refractivity contribution in [1.29, 1.82) is 0 Å². The summed E-state index contributed by atoms with van der Waals surface area (Å²) >= 11 is 5.95. The molecule has 24 heavy (non-hydrogen) atoms. The molecule has 0 aliphatic rings. The Morgan fingerprint density at radius 2 is 1.79 bits per heavy atom. The van der Waals surface area contributed by atoms with E-state index >= 15 is 0 Å². The summed E-state index contributed by atoms with van der Waals surface area (Å²) in [6, 6.07) is 12.0. The summed E-state index contributed by atoms with van der Waals surface area (Å²) in [7, 11) is 1.27. The van der Waals surface area contributed by atoms with Crippen molar-refractivity contribution in [2.75, 3.05) is 12.4 Å². The van der Waals surface area contributed by atoms with Gasteiger partial charge in [0, 0.05) is 5.69 Å². The zero-order valence-electron chi connectivity index (χ0n) is 13.6. The molecular formula is C18H18ClNO4. The van der Waals surface area contributed by atoms with E-state index in [1.54, 1.807) is 25.1 Å². The second-order valence-corrected chi connectivity index (χ2v) is 5.66. The van der Waals surface area contributed by atoms with Gasteiger partial charge in [0.1, 0.15) is 5.75 Å². The summed E-state index contributed by atoms with van der Waals surface area (Å²) in [5.74, 6) is -0.302. The molecule has 1 amide bonds. The first-order valence-electron chi connectivity index (χ1n) is 7.32. The fourth-order valence-corrected chi connectivity index (χ4v) is 2.18. The van der Waals surface area contributed by atoms with E-state index in [1.165, 1.54) is 19.2 Å². The van der Waals surface area contributed by atoms with Crippen LogP contribution in [-0.2, 0) is 9.53 Å². The number of ether oxygens (including phenoxy) is 2. The summed E-state index contributed by atoms with van der Waals surface area (Å²) in [6.07, 6.45) is -0.704. The van der Waals surface area contributed by atoms with Crippen LogP contribution >= 0.6 is 11.6 Å². The predicted molar refractivity (Wildman–Crippen MR) is 92.7 cm³/mol. The molecule has 0 radical (unpaired) electrons. The van der Waals surface area contributed by atoms with Crippen molar-refractivity contribution in [1.82, 2.24) is 0 Å². The number of amides is 1. The molecular weight excluding hydrogens is 330 g/mol.